The van der Waals surface area contributed by atoms with Gasteiger partial charge < -0.3 is 0 Å². The van der Waals surface area contributed by atoms with E-state index in [0.717, 1.165) is 24.1 Å². The van der Waals surface area contributed by atoms with Crippen LogP contribution in [0.1, 0.15) is 24.1 Å². The molecule has 0 aliphatic heterocycles. The van der Waals surface area contributed by atoms with Crippen LogP contribution in [0.15, 0.2) is 41.4 Å². The summed E-state index contributed by atoms with van der Waals surface area (Å²) >= 11 is 7.28. The molecule has 2 rings (SSSR count). The van der Waals surface area contributed by atoms with Crippen molar-refractivity contribution in [2.24, 2.45) is 4.99 Å². The van der Waals surface area contributed by atoms with Gasteiger partial charge in [0.2, 0.25) is 10.0 Å². The number of alkyl halides is 3. The number of benzene rings is 2. The minimum atomic E-state index is -4.71. The van der Waals surface area contributed by atoms with E-state index in [2.05, 4.69) is 15.0 Å². The average Bonchev–Trinajstić information content (AvgIpc) is 2.65. The van der Waals surface area contributed by atoms with Crippen molar-refractivity contribution in [1.29, 1.82) is 5.26 Å². The number of sulfonamides is 1. The Morgan fingerprint density at radius 1 is 1.26 bits per heavy atom. The average molecular weight is 491 g/mol. The highest BCUT2D eigenvalue weighted by Crippen LogP contribution is 2.43. The highest BCUT2D eigenvalue weighted by atomic mass is 35.5. The first kappa shape index (κ1) is 25.0. The number of aliphatic imine (C=N–C) groups is 1. The lowest BCUT2D eigenvalue weighted by Gasteiger charge is -2.17. The number of nitrogens with zero attached hydrogens (tertiary/aromatic N) is 2. The monoisotopic (exact) mass is 490 g/mol. The van der Waals surface area contributed by atoms with Crippen molar-refractivity contribution >= 4 is 44.2 Å². The zero-order valence-electron chi connectivity index (χ0n) is 16.6. The van der Waals surface area contributed by atoms with Crippen LogP contribution in [0.5, 0.6) is 0 Å². The molecular formula is C19H18ClF3N4O2S2. The molecule has 0 amide bonds. The molecule has 1 atom stereocenters. The van der Waals surface area contributed by atoms with Crippen LogP contribution in [0.3, 0.4) is 0 Å². The Morgan fingerprint density at radius 2 is 1.87 bits per heavy atom. The van der Waals surface area contributed by atoms with E-state index in [1.807, 2.05) is 0 Å². The van der Waals surface area contributed by atoms with E-state index in [-0.39, 0.29) is 27.0 Å². The first-order valence-corrected chi connectivity index (χ1v) is 12.1. The van der Waals surface area contributed by atoms with Crippen LogP contribution in [-0.4, -0.2) is 26.1 Å². The van der Waals surface area contributed by atoms with Crippen molar-refractivity contribution in [3.05, 3.63) is 52.5 Å². The minimum absolute atomic E-state index is 0.0595. The van der Waals surface area contributed by atoms with Gasteiger partial charge in [-0.25, -0.2) is 18.1 Å². The third-order valence-corrected chi connectivity index (χ3v) is 5.72. The van der Waals surface area contributed by atoms with Crippen LogP contribution in [0.2, 0.25) is 5.02 Å². The quantitative estimate of drug-likeness (QED) is 0.264. The molecule has 31 heavy (non-hydrogen) atoms. The molecule has 0 aliphatic rings. The number of halogens is 4. The fourth-order valence-electron chi connectivity index (χ4n) is 2.79. The summed E-state index contributed by atoms with van der Waals surface area (Å²) in [7, 11) is -3.45. The number of thioether (sulfide) groups is 1. The Balaban J connectivity index is 2.55. The largest absolute Gasteiger partial charge is 0.417 e. The SMILES string of the molecule is CSC(=Nc1cc(Cl)c(-c2ccc([C@@H](C)NS(C)(=O)=O)cc2)c(C(F)(F)F)c1)NC#N. The van der Waals surface area contributed by atoms with Crippen molar-refractivity contribution in [2.75, 3.05) is 12.5 Å². The lowest BCUT2D eigenvalue weighted by Crippen LogP contribution is -2.25. The molecule has 2 aromatic rings. The zero-order valence-corrected chi connectivity index (χ0v) is 19.0. The maximum Gasteiger partial charge on any atom is 0.417 e. The van der Waals surface area contributed by atoms with Crippen molar-refractivity contribution in [2.45, 2.75) is 19.1 Å². The second-order valence-electron chi connectivity index (χ2n) is 6.44. The summed E-state index contributed by atoms with van der Waals surface area (Å²) in [6.45, 7) is 1.62. The maximum absolute atomic E-state index is 13.8. The topological polar surface area (TPSA) is 94.3 Å². The normalized spacial score (nSPS) is 13.5. The first-order chi connectivity index (χ1) is 14.4. The fourth-order valence-corrected chi connectivity index (χ4v) is 4.24. The maximum atomic E-state index is 13.8. The number of nitrogens with one attached hydrogen (secondary N) is 2. The van der Waals surface area contributed by atoms with E-state index in [9.17, 15) is 21.6 Å². The van der Waals surface area contributed by atoms with Gasteiger partial charge in [-0.05, 0) is 36.4 Å². The number of rotatable bonds is 5. The molecule has 0 saturated heterocycles. The molecule has 0 saturated carbocycles. The molecule has 12 heteroatoms. The van der Waals surface area contributed by atoms with Gasteiger partial charge in [0.05, 0.1) is 22.5 Å². The molecule has 0 bridgehead atoms. The van der Waals surface area contributed by atoms with E-state index >= 15 is 0 Å². The Morgan fingerprint density at radius 3 is 2.35 bits per heavy atom. The van der Waals surface area contributed by atoms with Crippen LogP contribution < -0.4 is 10.0 Å². The summed E-state index contributed by atoms with van der Waals surface area (Å²) in [5.74, 6) is 0. The zero-order chi connectivity index (χ0) is 23.4. The first-order valence-electron chi connectivity index (χ1n) is 8.62. The molecule has 0 aliphatic carbocycles. The van der Waals surface area contributed by atoms with Gasteiger partial charge in [0.1, 0.15) is 0 Å². The summed E-state index contributed by atoms with van der Waals surface area (Å²) in [6, 6.07) is 7.53. The van der Waals surface area contributed by atoms with E-state index in [0.29, 0.717) is 5.56 Å². The van der Waals surface area contributed by atoms with Gasteiger partial charge in [0.15, 0.2) is 11.4 Å². The summed E-state index contributed by atoms with van der Waals surface area (Å²) in [5.41, 5.74) is -0.472. The fraction of sp³-hybridized carbons (Fsp3) is 0.263. The molecule has 0 aromatic heterocycles. The molecule has 0 heterocycles. The molecule has 0 radical (unpaired) electrons. The van der Waals surface area contributed by atoms with Crippen molar-refractivity contribution in [3.8, 4) is 17.3 Å². The highest BCUT2D eigenvalue weighted by molar-refractivity contribution is 8.13. The van der Waals surface area contributed by atoms with Crippen molar-refractivity contribution in [3.63, 3.8) is 0 Å². The predicted octanol–water partition coefficient (Wildman–Crippen LogP) is 5.06. The van der Waals surface area contributed by atoms with Crippen LogP contribution in [-0.2, 0) is 16.2 Å². The van der Waals surface area contributed by atoms with E-state index in [1.165, 1.54) is 30.3 Å². The third-order valence-electron chi connectivity index (χ3n) is 4.06. The van der Waals surface area contributed by atoms with Gasteiger partial charge in [-0.1, -0.05) is 47.6 Å². The number of hydrogen-bond donors (Lipinski definition) is 2. The Hall–Kier alpha value is -2.26. The van der Waals surface area contributed by atoms with Crippen molar-refractivity contribution < 1.29 is 21.6 Å². The second kappa shape index (κ2) is 9.91. The molecule has 2 aromatic carbocycles. The summed E-state index contributed by atoms with van der Waals surface area (Å²) in [4.78, 5) is 4.00. The van der Waals surface area contributed by atoms with Crippen LogP contribution in [0.25, 0.3) is 11.1 Å². The molecule has 0 spiro atoms. The molecule has 2 N–H and O–H groups in total. The number of hydrogen-bond acceptors (Lipinski definition) is 5. The minimum Gasteiger partial charge on any atom is -0.271 e. The standard InChI is InChI=1S/C19H18ClF3N4O2S2/c1-11(27-31(3,28)29)12-4-6-13(7-5-12)17-15(19(21,22)23)8-14(9-16(17)20)26-18(30-2)25-10-24/h4-9,11,27H,1-3H3,(H,25,26)/t11-/m1/s1. The van der Waals surface area contributed by atoms with Gasteiger partial charge in [0.25, 0.3) is 0 Å². The van der Waals surface area contributed by atoms with Crippen LogP contribution in [0.4, 0.5) is 18.9 Å². The second-order valence-corrected chi connectivity index (χ2v) is 9.42. The lowest BCUT2D eigenvalue weighted by molar-refractivity contribution is -0.137. The van der Waals surface area contributed by atoms with E-state index in [1.54, 1.807) is 19.4 Å². The van der Waals surface area contributed by atoms with Gasteiger partial charge in [-0.3, -0.25) is 5.32 Å². The molecular weight excluding hydrogens is 473 g/mol. The molecule has 6 nitrogen and oxygen atoms in total. The lowest BCUT2D eigenvalue weighted by atomic mass is 9.96. The van der Waals surface area contributed by atoms with Crippen molar-refractivity contribution in [1.82, 2.24) is 10.0 Å². The summed E-state index contributed by atoms with van der Waals surface area (Å²) < 4.78 is 66.6. The smallest absolute Gasteiger partial charge is 0.271 e. The summed E-state index contributed by atoms with van der Waals surface area (Å²) in [6.07, 6.45) is -0.412. The Kier molecular flexibility index (Phi) is 7.99. The van der Waals surface area contributed by atoms with Gasteiger partial charge in [-0.2, -0.15) is 18.4 Å². The Bertz CT molecular complexity index is 1130. The predicted molar refractivity (Wildman–Crippen MR) is 118 cm³/mol. The van der Waals surface area contributed by atoms with Gasteiger partial charge >= 0.3 is 6.18 Å². The van der Waals surface area contributed by atoms with Gasteiger partial charge in [0, 0.05) is 11.6 Å². The van der Waals surface area contributed by atoms with Crippen LogP contribution >= 0.6 is 23.4 Å². The van der Waals surface area contributed by atoms with Gasteiger partial charge in [-0.15, -0.1) is 0 Å². The molecule has 166 valence electrons. The third kappa shape index (κ3) is 6.87. The number of amidine groups is 1. The van der Waals surface area contributed by atoms with E-state index in [4.69, 9.17) is 16.9 Å². The molecule has 0 fully saturated rings. The van der Waals surface area contributed by atoms with Crippen LogP contribution in [0, 0.1) is 11.5 Å². The Labute approximate surface area is 187 Å². The summed E-state index contributed by atoms with van der Waals surface area (Å²) in [5, 5.41) is 10.9. The highest BCUT2D eigenvalue weighted by Gasteiger charge is 2.35. The number of nitriles is 1. The molecule has 0 unspecified atom stereocenters. The van der Waals surface area contributed by atoms with E-state index < -0.39 is 27.8 Å².